The normalized spacial score (nSPS) is 10.5. The number of halogens is 1. The molecule has 0 amide bonds. The average molecular weight is 416 g/mol. The van der Waals surface area contributed by atoms with Gasteiger partial charge in [0.15, 0.2) is 0 Å². The Morgan fingerprint density at radius 1 is 1.28 bits per heavy atom. The average Bonchev–Trinajstić information content (AvgIpc) is 3.01. The molecular formula is C18H18BrN3O2Si. The third-order valence-corrected chi connectivity index (χ3v) is 5.50. The van der Waals surface area contributed by atoms with Gasteiger partial charge < -0.3 is 18.7 Å². The van der Waals surface area contributed by atoms with Crippen molar-refractivity contribution < 1.29 is 9.20 Å². The maximum atomic E-state index is 12.5. The molecule has 7 heteroatoms. The second-order valence-corrected chi connectivity index (χ2v) is 8.03. The molecule has 3 rings (SSSR count). The van der Waals surface area contributed by atoms with E-state index in [1.54, 1.807) is 13.4 Å². The van der Waals surface area contributed by atoms with Crippen molar-refractivity contribution in [2.24, 2.45) is 0 Å². The molecule has 0 unspecified atom stereocenters. The number of nitrogens with one attached hydrogen (secondary N) is 1. The molecule has 0 saturated carbocycles. The van der Waals surface area contributed by atoms with Gasteiger partial charge >= 0.3 is 8.84 Å². The molecule has 0 radical (unpaired) electrons. The maximum absolute atomic E-state index is 12.5. The van der Waals surface area contributed by atoms with E-state index in [1.165, 1.54) is 0 Å². The molecule has 5 nitrogen and oxygen atoms in total. The molecule has 0 spiro atoms. The third-order valence-electron chi connectivity index (χ3n) is 3.71. The molecule has 128 valence electrons. The fourth-order valence-electron chi connectivity index (χ4n) is 2.56. The first-order chi connectivity index (χ1) is 12.0. The summed E-state index contributed by atoms with van der Waals surface area (Å²) in [4.78, 5) is 7.33. The second-order valence-electron chi connectivity index (χ2n) is 5.66. The second kappa shape index (κ2) is 7.75. The number of nitrogens with zero attached hydrogens (tertiary/aromatic N) is 2. The monoisotopic (exact) mass is 415 g/mol. The summed E-state index contributed by atoms with van der Waals surface area (Å²) in [5.74, 6) is 0.694. The van der Waals surface area contributed by atoms with Crippen LogP contribution in [0.15, 0.2) is 59.5 Å². The van der Waals surface area contributed by atoms with E-state index in [9.17, 15) is 4.46 Å². The van der Waals surface area contributed by atoms with E-state index in [0.29, 0.717) is 11.8 Å². The smallest absolute Gasteiger partial charge is 0.401 e. The molecule has 0 aliphatic rings. The van der Waals surface area contributed by atoms with Crippen LogP contribution in [0.3, 0.4) is 0 Å². The van der Waals surface area contributed by atoms with Crippen LogP contribution in [-0.4, -0.2) is 25.5 Å². The molecule has 0 atom stereocenters. The predicted octanol–water partition coefficient (Wildman–Crippen LogP) is 4.06. The summed E-state index contributed by atoms with van der Waals surface area (Å²) in [6, 6.07) is 14.0. The Morgan fingerprint density at radius 3 is 2.80 bits per heavy atom. The van der Waals surface area contributed by atoms with Crippen LogP contribution >= 0.6 is 15.9 Å². The van der Waals surface area contributed by atoms with Gasteiger partial charge in [-0.2, -0.15) is 0 Å². The molecule has 0 aliphatic heterocycles. The summed E-state index contributed by atoms with van der Waals surface area (Å²) in [6.07, 6.45) is 3.68. The van der Waals surface area contributed by atoms with Gasteiger partial charge in [-0.05, 0) is 36.8 Å². The largest absolute Gasteiger partial charge is 0.494 e. The minimum atomic E-state index is -2.00. The van der Waals surface area contributed by atoms with E-state index < -0.39 is 8.84 Å². The number of methoxy groups -OCH3 is 1. The van der Waals surface area contributed by atoms with Gasteiger partial charge in [-0.3, -0.25) is 0 Å². The molecule has 1 aromatic heterocycles. The van der Waals surface area contributed by atoms with Gasteiger partial charge in [0.2, 0.25) is 0 Å². The van der Waals surface area contributed by atoms with E-state index in [0.717, 1.165) is 27.1 Å². The minimum Gasteiger partial charge on any atom is -0.494 e. The number of aromatic nitrogens is 2. The number of aryl methyl sites for hydroxylation is 1. The molecule has 0 saturated heterocycles. The number of rotatable bonds is 6. The molecule has 3 aromatic rings. The van der Waals surface area contributed by atoms with Crippen molar-refractivity contribution in [2.75, 3.05) is 12.1 Å². The van der Waals surface area contributed by atoms with Crippen LogP contribution in [-0.2, 0) is 10.5 Å². The Hall–Kier alpha value is -2.25. The Labute approximate surface area is 156 Å². The first-order valence-electron chi connectivity index (χ1n) is 7.78. The van der Waals surface area contributed by atoms with Crippen LogP contribution in [0.25, 0.3) is 5.69 Å². The first kappa shape index (κ1) is 17.6. The van der Waals surface area contributed by atoms with Crippen molar-refractivity contribution in [2.45, 2.75) is 13.0 Å². The molecule has 25 heavy (non-hydrogen) atoms. The minimum absolute atomic E-state index is 0.495. The summed E-state index contributed by atoms with van der Waals surface area (Å²) in [6.45, 7) is 1.94. The highest BCUT2D eigenvalue weighted by Gasteiger charge is 2.11. The molecule has 0 bridgehead atoms. The number of hydrogen-bond donors (Lipinski definition) is 1. The van der Waals surface area contributed by atoms with Crippen LogP contribution in [0.2, 0.25) is 0 Å². The van der Waals surface area contributed by atoms with Crippen molar-refractivity contribution in [3.63, 3.8) is 0 Å². The number of imidazole rings is 1. The summed E-state index contributed by atoms with van der Waals surface area (Å²) in [5, 5.41) is 0. The van der Waals surface area contributed by atoms with Gasteiger partial charge in [-0.25, -0.2) is 4.98 Å². The van der Waals surface area contributed by atoms with Gasteiger partial charge in [0.1, 0.15) is 5.75 Å². The van der Waals surface area contributed by atoms with Crippen LogP contribution < -0.4 is 9.72 Å². The standard InChI is InChI=1S/C18H18BrN3O2Si/c1-13-10-22(12-20-13)17-7-6-16(9-18(17)24-2)21-25(23)11-14-4-3-5-15(19)8-14/h3-10,12,21H,11H2,1-2H3. The van der Waals surface area contributed by atoms with Crippen molar-refractivity contribution in [3.05, 3.63) is 70.7 Å². The van der Waals surface area contributed by atoms with Crippen molar-refractivity contribution in [3.8, 4) is 11.4 Å². The highest BCUT2D eigenvalue weighted by Crippen LogP contribution is 2.27. The topological polar surface area (TPSA) is 56.1 Å². The lowest BCUT2D eigenvalue weighted by Crippen LogP contribution is -2.17. The lowest BCUT2D eigenvalue weighted by Gasteiger charge is -2.12. The number of anilines is 1. The van der Waals surface area contributed by atoms with Crippen LogP contribution in [0.5, 0.6) is 5.75 Å². The van der Waals surface area contributed by atoms with Crippen LogP contribution in [0.4, 0.5) is 5.69 Å². The number of ether oxygens (including phenoxy) is 1. The first-order valence-corrected chi connectivity index (χ1v) is 10.2. The number of benzene rings is 2. The summed E-state index contributed by atoms with van der Waals surface area (Å²) >= 11 is 3.43. The van der Waals surface area contributed by atoms with E-state index in [4.69, 9.17) is 4.74 Å². The van der Waals surface area contributed by atoms with Crippen molar-refractivity contribution in [1.82, 2.24) is 9.55 Å². The van der Waals surface area contributed by atoms with Crippen LogP contribution in [0.1, 0.15) is 11.3 Å². The highest BCUT2D eigenvalue weighted by atomic mass is 79.9. The molecular weight excluding hydrogens is 398 g/mol. The van der Waals surface area contributed by atoms with E-state index in [2.05, 4.69) is 25.9 Å². The Bertz CT molecular complexity index is 911. The summed E-state index contributed by atoms with van der Waals surface area (Å²) in [5.41, 5.74) is 3.63. The van der Waals surface area contributed by atoms with Gasteiger partial charge in [-0.15, -0.1) is 0 Å². The third kappa shape index (κ3) is 4.43. The SMILES string of the molecule is COc1cc(N[Si](=O)Cc2cccc(Br)c2)ccc1-n1cnc(C)c1. The van der Waals surface area contributed by atoms with Crippen molar-refractivity contribution >= 4 is 30.5 Å². The van der Waals surface area contributed by atoms with E-state index >= 15 is 0 Å². The molecule has 1 heterocycles. The van der Waals surface area contributed by atoms with E-state index in [-0.39, 0.29) is 0 Å². The van der Waals surface area contributed by atoms with Crippen molar-refractivity contribution in [1.29, 1.82) is 0 Å². The van der Waals surface area contributed by atoms with Gasteiger partial charge in [-0.1, -0.05) is 28.1 Å². The fourth-order valence-corrected chi connectivity index (χ4v) is 4.16. The van der Waals surface area contributed by atoms with Gasteiger partial charge in [0.05, 0.1) is 24.8 Å². The van der Waals surface area contributed by atoms with Crippen LogP contribution in [0, 0.1) is 6.92 Å². The zero-order valence-corrected chi connectivity index (χ0v) is 16.6. The fraction of sp³-hybridized carbons (Fsp3) is 0.167. The number of hydrogen-bond acceptors (Lipinski definition) is 3. The zero-order chi connectivity index (χ0) is 17.8. The molecule has 0 aliphatic carbocycles. The molecule has 0 fully saturated rings. The lowest BCUT2D eigenvalue weighted by atomic mass is 10.2. The summed E-state index contributed by atoms with van der Waals surface area (Å²) in [7, 11) is -0.381. The predicted molar refractivity (Wildman–Crippen MR) is 103 cm³/mol. The maximum Gasteiger partial charge on any atom is 0.401 e. The Morgan fingerprint density at radius 2 is 2.12 bits per heavy atom. The molecule has 1 N–H and O–H groups in total. The Kier molecular flexibility index (Phi) is 5.45. The van der Waals surface area contributed by atoms with E-state index in [1.807, 2.05) is 60.2 Å². The van der Waals surface area contributed by atoms with Gasteiger partial charge in [0.25, 0.3) is 0 Å². The molecule has 2 aromatic carbocycles. The quantitative estimate of drug-likeness (QED) is 0.616. The Balaban J connectivity index is 1.75. The van der Waals surface area contributed by atoms with Gasteiger partial charge in [0, 0.05) is 28.5 Å². The lowest BCUT2D eigenvalue weighted by molar-refractivity contribution is 0.413. The zero-order valence-electron chi connectivity index (χ0n) is 14.0. The summed E-state index contributed by atoms with van der Waals surface area (Å²) < 4.78 is 20.8. The highest BCUT2D eigenvalue weighted by molar-refractivity contribution is 9.10.